The van der Waals surface area contributed by atoms with Crippen molar-refractivity contribution in [2.75, 3.05) is 38.6 Å². The van der Waals surface area contributed by atoms with E-state index in [1.54, 1.807) is 19.2 Å². The number of ether oxygens (including phenoxy) is 1. The van der Waals surface area contributed by atoms with Crippen LogP contribution in [0, 0.1) is 0 Å². The number of hydrogen-bond donors (Lipinski definition) is 1. The summed E-state index contributed by atoms with van der Waals surface area (Å²) in [6.45, 7) is 4.16. The zero-order chi connectivity index (χ0) is 16.2. The smallest absolute Gasteiger partial charge is 0.322 e. The molecule has 2 saturated heterocycles. The average Bonchev–Trinajstić information content (AvgIpc) is 3.19. The number of rotatable bonds is 4. The van der Waals surface area contributed by atoms with Gasteiger partial charge in [-0.25, -0.2) is 4.79 Å². The summed E-state index contributed by atoms with van der Waals surface area (Å²) >= 11 is 6.12. The Labute approximate surface area is 142 Å². The van der Waals surface area contributed by atoms with E-state index in [9.17, 15) is 4.79 Å². The summed E-state index contributed by atoms with van der Waals surface area (Å²) in [4.78, 5) is 17.0. The number of carbonyl (C=O) groups excluding carboxylic acids is 1. The van der Waals surface area contributed by atoms with Crippen LogP contribution >= 0.6 is 11.6 Å². The van der Waals surface area contributed by atoms with Gasteiger partial charge in [0.25, 0.3) is 0 Å². The third-order valence-corrected chi connectivity index (χ3v) is 5.00. The van der Waals surface area contributed by atoms with Gasteiger partial charge in [0.1, 0.15) is 5.75 Å². The molecule has 126 valence electrons. The maximum Gasteiger partial charge on any atom is 0.322 e. The number of nitrogens with one attached hydrogen (secondary N) is 1. The second-order valence-corrected chi connectivity index (χ2v) is 6.68. The molecule has 2 heterocycles. The molecule has 1 aromatic rings. The third kappa shape index (κ3) is 3.90. The van der Waals surface area contributed by atoms with E-state index in [0.29, 0.717) is 22.5 Å². The highest BCUT2D eigenvalue weighted by Crippen LogP contribution is 2.28. The molecule has 0 bridgehead atoms. The van der Waals surface area contributed by atoms with Gasteiger partial charge >= 0.3 is 6.03 Å². The second-order valence-electron chi connectivity index (χ2n) is 6.28. The lowest BCUT2D eigenvalue weighted by molar-refractivity contribution is 0.186. The summed E-state index contributed by atoms with van der Waals surface area (Å²) in [7, 11) is 1.58. The number of carbonyl (C=O) groups is 1. The summed E-state index contributed by atoms with van der Waals surface area (Å²) < 4.78 is 5.14. The number of likely N-dealkylation sites (tertiary alicyclic amines) is 2. The SMILES string of the molecule is COc1ccc(NC(=O)N2CCC[C@@H]2CN2CCCC2)cc1Cl. The van der Waals surface area contributed by atoms with Gasteiger partial charge in [-0.15, -0.1) is 0 Å². The number of urea groups is 1. The molecule has 0 radical (unpaired) electrons. The zero-order valence-corrected chi connectivity index (χ0v) is 14.3. The molecule has 6 heteroatoms. The molecule has 0 saturated carbocycles. The Morgan fingerprint density at radius 2 is 2.09 bits per heavy atom. The van der Waals surface area contributed by atoms with Crippen LogP contribution in [0.5, 0.6) is 5.75 Å². The number of hydrogen-bond acceptors (Lipinski definition) is 3. The number of nitrogens with zero attached hydrogens (tertiary/aromatic N) is 2. The van der Waals surface area contributed by atoms with Gasteiger partial charge in [-0.2, -0.15) is 0 Å². The predicted octanol–water partition coefficient (Wildman–Crippen LogP) is 3.44. The summed E-state index contributed by atoms with van der Waals surface area (Å²) in [5.41, 5.74) is 0.702. The molecule has 5 nitrogen and oxygen atoms in total. The third-order valence-electron chi connectivity index (χ3n) is 4.71. The van der Waals surface area contributed by atoms with Gasteiger partial charge in [0.2, 0.25) is 0 Å². The second kappa shape index (κ2) is 7.41. The molecular weight excluding hydrogens is 314 g/mol. The standard InChI is InChI=1S/C17H24ClN3O2/c1-23-16-7-6-13(11-15(16)18)19-17(22)21-10-4-5-14(21)12-20-8-2-3-9-20/h6-7,11,14H,2-5,8-10,12H2,1H3,(H,19,22)/t14-/m1/s1. The van der Waals surface area contributed by atoms with Crippen LogP contribution in [0.2, 0.25) is 5.02 Å². The van der Waals surface area contributed by atoms with Crippen molar-refractivity contribution in [1.82, 2.24) is 9.80 Å². The predicted molar refractivity (Wildman–Crippen MR) is 92.4 cm³/mol. The van der Waals surface area contributed by atoms with E-state index in [1.165, 1.54) is 25.9 Å². The Morgan fingerprint density at radius 1 is 1.30 bits per heavy atom. The Hall–Kier alpha value is -1.46. The van der Waals surface area contributed by atoms with E-state index < -0.39 is 0 Å². The van der Waals surface area contributed by atoms with E-state index in [-0.39, 0.29) is 6.03 Å². The lowest BCUT2D eigenvalue weighted by atomic mass is 10.2. The average molecular weight is 338 g/mol. The van der Waals surface area contributed by atoms with Crippen molar-refractivity contribution in [2.45, 2.75) is 31.7 Å². The maximum atomic E-state index is 12.6. The first kappa shape index (κ1) is 16.4. The van der Waals surface area contributed by atoms with Crippen molar-refractivity contribution in [1.29, 1.82) is 0 Å². The van der Waals surface area contributed by atoms with E-state index in [2.05, 4.69) is 10.2 Å². The van der Waals surface area contributed by atoms with Gasteiger partial charge in [0, 0.05) is 24.8 Å². The Morgan fingerprint density at radius 3 is 2.78 bits per heavy atom. The molecule has 3 rings (SSSR count). The molecule has 2 aliphatic heterocycles. The fraction of sp³-hybridized carbons (Fsp3) is 0.588. The van der Waals surface area contributed by atoms with E-state index in [4.69, 9.17) is 16.3 Å². The van der Waals surface area contributed by atoms with Crippen molar-refractivity contribution >= 4 is 23.3 Å². The molecule has 2 amide bonds. The number of methoxy groups -OCH3 is 1. The number of amides is 2. The van der Waals surface area contributed by atoms with Crippen LogP contribution in [0.15, 0.2) is 18.2 Å². The first-order valence-corrected chi connectivity index (χ1v) is 8.68. The van der Waals surface area contributed by atoms with Crippen LogP contribution in [0.25, 0.3) is 0 Å². The monoisotopic (exact) mass is 337 g/mol. The van der Waals surface area contributed by atoms with Gasteiger partial charge < -0.3 is 19.9 Å². The summed E-state index contributed by atoms with van der Waals surface area (Å²) in [6, 6.07) is 5.59. The molecule has 1 aromatic carbocycles. The molecule has 1 N–H and O–H groups in total. The highest BCUT2D eigenvalue weighted by Gasteiger charge is 2.30. The largest absolute Gasteiger partial charge is 0.495 e. The summed E-state index contributed by atoms with van der Waals surface area (Å²) in [5.74, 6) is 0.609. The molecule has 0 aromatic heterocycles. The molecule has 2 fully saturated rings. The van der Waals surface area contributed by atoms with Crippen LogP contribution in [0.4, 0.5) is 10.5 Å². The van der Waals surface area contributed by atoms with Crippen molar-refractivity contribution in [3.05, 3.63) is 23.2 Å². The van der Waals surface area contributed by atoms with Gasteiger partial charge in [-0.1, -0.05) is 11.6 Å². The molecule has 0 unspecified atom stereocenters. The first-order valence-electron chi connectivity index (χ1n) is 8.31. The number of halogens is 1. The highest BCUT2D eigenvalue weighted by atomic mass is 35.5. The van der Waals surface area contributed by atoms with Crippen molar-refractivity contribution in [2.24, 2.45) is 0 Å². The molecule has 0 spiro atoms. The fourth-order valence-corrected chi connectivity index (χ4v) is 3.75. The van der Waals surface area contributed by atoms with Gasteiger partial charge in [0.05, 0.1) is 12.1 Å². The van der Waals surface area contributed by atoms with E-state index in [1.807, 2.05) is 11.0 Å². The molecule has 23 heavy (non-hydrogen) atoms. The van der Waals surface area contributed by atoms with Crippen LogP contribution in [0.3, 0.4) is 0 Å². The minimum absolute atomic E-state index is 0.0343. The minimum Gasteiger partial charge on any atom is -0.495 e. The minimum atomic E-state index is -0.0343. The highest BCUT2D eigenvalue weighted by molar-refractivity contribution is 6.32. The molecule has 2 aliphatic rings. The maximum absolute atomic E-state index is 12.6. The Bertz CT molecular complexity index is 561. The van der Waals surface area contributed by atoms with Gasteiger partial charge in [0.15, 0.2) is 0 Å². The van der Waals surface area contributed by atoms with Gasteiger partial charge in [-0.3, -0.25) is 0 Å². The van der Waals surface area contributed by atoms with Crippen LogP contribution in [0.1, 0.15) is 25.7 Å². The van der Waals surface area contributed by atoms with Crippen molar-refractivity contribution in [3.63, 3.8) is 0 Å². The van der Waals surface area contributed by atoms with Gasteiger partial charge in [-0.05, 0) is 57.0 Å². The molecule has 0 aliphatic carbocycles. The first-order chi connectivity index (χ1) is 11.2. The topological polar surface area (TPSA) is 44.8 Å². The summed E-state index contributed by atoms with van der Waals surface area (Å²) in [6.07, 6.45) is 4.73. The number of anilines is 1. The van der Waals surface area contributed by atoms with Crippen LogP contribution in [-0.2, 0) is 0 Å². The van der Waals surface area contributed by atoms with Crippen molar-refractivity contribution in [3.8, 4) is 5.75 Å². The fourth-order valence-electron chi connectivity index (χ4n) is 3.50. The molecular formula is C17H24ClN3O2. The normalized spacial score (nSPS) is 21.7. The number of benzene rings is 1. The summed E-state index contributed by atoms with van der Waals surface area (Å²) in [5, 5.41) is 3.46. The van der Waals surface area contributed by atoms with Crippen molar-refractivity contribution < 1.29 is 9.53 Å². The Kier molecular flexibility index (Phi) is 5.28. The lowest BCUT2D eigenvalue weighted by Gasteiger charge is -2.28. The van der Waals surface area contributed by atoms with Crippen LogP contribution < -0.4 is 10.1 Å². The van der Waals surface area contributed by atoms with E-state index in [0.717, 1.165) is 25.9 Å². The lowest BCUT2D eigenvalue weighted by Crippen LogP contribution is -2.44. The zero-order valence-electron chi connectivity index (χ0n) is 13.6. The van der Waals surface area contributed by atoms with E-state index >= 15 is 0 Å². The molecule has 1 atom stereocenters. The Balaban J connectivity index is 1.61. The quantitative estimate of drug-likeness (QED) is 0.915. The van der Waals surface area contributed by atoms with Crippen LogP contribution in [-0.4, -0.2) is 55.2 Å².